The summed E-state index contributed by atoms with van der Waals surface area (Å²) in [4.78, 5) is 29.0. The second kappa shape index (κ2) is 8.03. The molecule has 3 rings (SSSR count). The van der Waals surface area contributed by atoms with Gasteiger partial charge in [-0.05, 0) is 23.6 Å². The van der Waals surface area contributed by atoms with Crippen LogP contribution >= 0.6 is 0 Å². The van der Waals surface area contributed by atoms with Gasteiger partial charge in [0.25, 0.3) is 5.91 Å². The van der Waals surface area contributed by atoms with Gasteiger partial charge in [-0.2, -0.15) is 10.2 Å². The van der Waals surface area contributed by atoms with E-state index in [1.165, 1.54) is 19.6 Å². The summed E-state index contributed by atoms with van der Waals surface area (Å²) in [5.41, 5.74) is 1.94. The van der Waals surface area contributed by atoms with Gasteiger partial charge < -0.3 is 10.1 Å². The molecule has 2 aromatic heterocycles. The highest BCUT2D eigenvalue weighted by Gasteiger charge is 2.24. The van der Waals surface area contributed by atoms with E-state index >= 15 is 0 Å². The number of carbonyl (C=O) groups excluding carboxylic acids is 2. The Morgan fingerprint density at radius 3 is 2.71 bits per heavy atom. The lowest BCUT2D eigenvalue weighted by molar-refractivity contribution is 0.0594. The zero-order chi connectivity index (χ0) is 20.3. The van der Waals surface area contributed by atoms with Crippen molar-refractivity contribution < 1.29 is 14.3 Å². The van der Waals surface area contributed by atoms with E-state index in [0.29, 0.717) is 22.5 Å². The van der Waals surface area contributed by atoms with Gasteiger partial charge in [-0.1, -0.05) is 26.0 Å². The zero-order valence-corrected chi connectivity index (χ0v) is 16.1. The highest BCUT2D eigenvalue weighted by Crippen LogP contribution is 2.25. The van der Waals surface area contributed by atoms with Crippen molar-refractivity contribution in [2.24, 2.45) is 13.0 Å². The summed E-state index contributed by atoms with van der Waals surface area (Å²) in [5, 5.41) is 13.6. The van der Waals surface area contributed by atoms with Crippen LogP contribution < -0.4 is 5.32 Å². The predicted molar refractivity (Wildman–Crippen MR) is 101 cm³/mol. The van der Waals surface area contributed by atoms with Crippen molar-refractivity contribution in [2.75, 3.05) is 7.11 Å². The van der Waals surface area contributed by atoms with Crippen LogP contribution in [-0.2, 0) is 11.8 Å². The van der Waals surface area contributed by atoms with Gasteiger partial charge in [0.15, 0.2) is 5.69 Å². The number of aryl methyl sites for hydroxylation is 1. The van der Waals surface area contributed by atoms with Gasteiger partial charge in [-0.15, -0.1) is 0 Å². The molecular formula is C19H22N6O3. The van der Waals surface area contributed by atoms with Gasteiger partial charge in [0, 0.05) is 18.2 Å². The average Bonchev–Trinajstić information content (AvgIpc) is 3.34. The van der Waals surface area contributed by atoms with E-state index in [1.807, 2.05) is 13.8 Å². The van der Waals surface area contributed by atoms with Crippen molar-refractivity contribution in [1.29, 1.82) is 0 Å². The number of H-pyrrole nitrogens is 1. The number of ether oxygens (including phenoxy) is 1. The second-order valence-corrected chi connectivity index (χ2v) is 6.67. The van der Waals surface area contributed by atoms with E-state index in [0.717, 1.165) is 0 Å². The number of aromatic nitrogens is 5. The van der Waals surface area contributed by atoms with Crippen LogP contribution in [0.4, 0.5) is 0 Å². The molecule has 9 heteroatoms. The summed E-state index contributed by atoms with van der Waals surface area (Å²) >= 11 is 0. The Morgan fingerprint density at radius 1 is 1.29 bits per heavy atom. The molecule has 0 saturated carbocycles. The quantitative estimate of drug-likeness (QED) is 0.631. The Labute approximate surface area is 162 Å². The van der Waals surface area contributed by atoms with Crippen molar-refractivity contribution in [3.63, 3.8) is 0 Å². The Kier molecular flexibility index (Phi) is 5.53. The first-order valence-corrected chi connectivity index (χ1v) is 8.79. The van der Waals surface area contributed by atoms with E-state index in [-0.39, 0.29) is 23.6 Å². The van der Waals surface area contributed by atoms with Gasteiger partial charge >= 0.3 is 5.97 Å². The SMILES string of the molecule is COC(=O)c1[nH]ncc1-c1cccc(C(=O)NC(c2ncnn2C)C(C)C)c1. The molecule has 0 aliphatic heterocycles. The minimum absolute atomic E-state index is 0.120. The second-order valence-electron chi connectivity index (χ2n) is 6.67. The third-order valence-electron chi connectivity index (χ3n) is 4.44. The molecule has 3 aromatic rings. The minimum Gasteiger partial charge on any atom is -0.464 e. The van der Waals surface area contributed by atoms with Crippen LogP contribution in [0, 0.1) is 5.92 Å². The van der Waals surface area contributed by atoms with Crippen LogP contribution in [0.15, 0.2) is 36.8 Å². The van der Waals surface area contributed by atoms with Gasteiger partial charge in [-0.25, -0.2) is 9.78 Å². The number of carbonyl (C=O) groups is 2. The number of rotatable bonds is 6. The summed E-state index contributed by atoms with van der Waals surface area (Å²) < 4.78 is 6.41. The molecular weight excluding hydrogens is 360 g/mol. The van der Waals surface area contributed by atoms with Crippen LogP contribution in [0.3, 0.4) is 0 Å². The summed E-state index contributed by atoms with van der Waals surface area (Å²) in [6.07, 6.45) is 2.99. The fraction of sp³-hybridized carbons (Fsp3) is 0.316. The number of methoxy groups -OCH3 is 1. The van der Waals surface area contributed by atoms with Gasteiger partial charge in [0.2, 0.25) is 0 Å². The third-order valence-corrected chi connectivity index (χ3v) is 4.44. The maximum atomic E-state index is 12.9. The number of hydrogen-bond donors (Lipinski definition) is 2. The number of esters is 1. The van der Waals surface area contributed by atoms with Crippen LogP contribution in [0.1, 0.15) is 46.6 Å². The number of hydrogen-bond acceptors (Lipinski definition) is 6. The monoisotopic (exact) mass is 382 g/mol. The molecule has 0 saturated heterocycles. The lowest BCUT2D eigenvalue weighted by Gasteiger charge is -2.21. The minimum atomic E-state index is -0.524. The highest BCUT2D eigenvalue weighted by molar-refractivity contribution is 5.98. The van der Waals surface area contributed by atoms with Crippen LogP contribution in [-0.4, -0.2) is 43.9 Å². The van der Waals surface area contributed by atoms with Crippen molar-refractivity contribution in [2.45, 2.75) is 19.9 Å². The molecule has 0 fully saturated rings. The van der Waals surface area contributed by atoms with Crippen molar-refractivity contribution >= 4 is 11.9 Å². The van der Waals surface area contributed by atoms with Gasteiger partial charge in [0.05, 0.1) is 19.3 Å². The van der Waals surface area contributed by atoms with E-state index in [9.17, 15) is 9.59 Å². The molecule has 0 spiro atoms. The summed E-state index contributed by atoms with van der Waals surface area (Å²) in [7, 11) is 3.09. The van der Waals surface area contributed by atoms with Crippen LogP contribution in [0.5, 0.6) is 0 Å². The molecule has 1 unspecified atom stereocenters. The van der Waals surface area contributed by atoms with Crippen LogP contribution in [0.2, 0.25) is 0 Å². The topological polar surface area (TPSA) is 115 Å². The van der Waals surface area contributed by atoms with Gasteiger partial charge in [-0.3, -0.25) is 14.6 Å². The highest BCUT2D eigenvalue weighted by atomic mass is 16.5. The average molecular weight is 382 g/mol. The fourth-order valence-corrected chi connectivity index (χ4v) is 2.93. The number of nitrogens with one attached hydrogen (secondary N) is 2. The molecule has 0 bridgehead atoms. The van der Waals surface area contributed by atoms with E-state index in [1.54, 1.807) is 36.0 Å². The molecule has 146 valence electrons. The molecule has 2 N–H and O–H groups in total. The van der Waals surface area contributed by atoms with Crippen molar-refractivity contribution in [3.05, 3.63) is 53.9 Å². The maximum Gasteiger partial charge on any atom is 0.356 e. The molecule has 0 aliphatic carbocycles. The summed E-state index contributed by atoms with van der Waals surface area (Å²) in [6.45, 7) is 4.01. The summed E-state index contributed by atoms with van der Waals surface area (Å²) in [5.74, 6) is 0.0355. The molecule has 1 atom stereocenters. The standard InChI is InChI=1S/C19H22N6O3/c1-11(2)15(17-20-10-22-25(17)3)23-18(26)13-7-5-6-12(8-13)14-9-21-24-16(14)19(27)28-4/h5-11,15H,1-4H3,(H,21,24)(H,23,26). The fourth-order valence-electron chi connectivity index (χ4n) is 2.93. The van der Waals surface area contributed by atoms with E-state index < -0.39 is 5.97 Å². The molecule has 0 radical (unpaired) electrons. The van der Waals surface area contributed by atoms with Crippen molar-refractivity contribution in [1.82, 2.24) is 30.3 Å². The third kappa shape index (κ3) is 3.78. The lowest BCUT2D eigenvalue weighted by atomic mass is 10.0. The predicted octanol–water partition coefficient (Wildman–Crippen LogP) is 2.12. The van der Waals surface area contributed by atoms with E-state index in [2.05, 4.69) is 25.6 Å². The van der Waals surface area contributed by atoms with Gasteiger partial charge in [0.1, 0.15) is 12.2 Å². The maximum absolute atomic E-state index is 12.9. The Hall–Kier alpha value is -3.49. The number of amides is 1. The zero-order valence-electron chi connectivity index (χ0n) is 16.1. The Bertz CT molecular complexity index is 991. The Balaban J connectivity index is 1.88. The molecule has 9 nitrogen and oxygen atoms in total. The first-order valence-electron chi connectivity index (χ1n) is 8.79. The number of aromatic amines is 1. The largest absolute Gasteiger partial charge is 0.464 e. The van der Waals surface area contributed by atoms with E-state index in [4.69, 9.17) is 4.74 Å². The van der Waals surface area contributed by atoms with Crippen molar-refractivity contribution in [3.8, 4) is 11.1 Å². The number of nitrogens with zero attached hydrogens (tertiary/aromatic N) is 4. The molecule has 1 aromatic carbocycles. The molecule has 2 heterocycles. The van der Waals surface area contributed by atoms with Crippen LogP contribution in [0.25, 0.3) is 11.1 Å². The Morgan fingerprint density at radius 2 is 2.07 bits per heavy atom. The smallest absolute Gasteiger partial charge is 0.356 e. The first-order chi connectivity index (χ1) is 13.4. The normalized spacial score (nSPS) is 12.0. The lowest BCUT2D eigenvalue weighted by Crippen LogP contribution is -2.33. The summed E-state index contributed by atoms with van der Waals surface area (Å²) in [6, 6.07) is 6.69. The number of benzene rings is 1. The molecule has 28 heavy (non-hydrogen) atoms. The molecule has 1 amide bonds. The first kappa shape index (κ1) is 19.3. The molecule has 0 aliphatic rings.